The molecule has 0 aromatic heterocycles. The number of hydrogen-bond acceptors (Lipinski definition) is 3. The van der Waals surface area contributed by atoms with Crippen molar-refractivity contribution < 1.29 is 14.3 Å². The fourth-order valence-corrected chi connectivity index (χ4v) is 1.72. The van der Waals surface area contributed by atoms with Crippen LogP contribution in [-0.2, 0) is 9.53 Å². The lowest BCUT2D eigenvalue weighted by Gasteiger charge is -2.03. The van der Waals surface area contributed by atoms with E-state index in [4.69, 9.17) is 23.2 Å². The number of benzene rings is 1. The number of Topliss-reactive ketones (excluding diaryl/α,β-unsaturated/α-hetero) is 2. The van der Waals surface area contributed by atoms with Crippen LogP contribution in [-0.4, -0.2) is 25.3 Å². The topological polar surface area (TPSA) is 43.4 Å². The summed E-state index contributed by atoms with van der Waals surface area (Å²) < 4.78 is 4.63. The molecule has 0 N–H and O–H groups in total. The van der Waals surface area contributed by atoms with Crippen LogP contribution in [0.25, 0.3) is 0 Å². The molecule has 86 valence electrons. The van der Waals surface area contributed by atoms with Crippen LogP contribution in [0.15, 0.2) is 18.2 Å². The zero-order valence-corrected chi connectivity index (χ0v) is 10.1. The smallest absolute Gasteiger partial charge is 0.171 e. The van der Waals surface area contributed by atoms with Crippen molar-refractivity contribution in [3.63, 3.8) is 0 Å². The number of rotatable bonds is 5. The van der Waals surface area contributed by atoms with Gasteiger partial charge in [0.05, 0.1) is 11.4 Å². The molecule has 1 rings (SSSR count). The maximum absolute atomic E-state index is 11.7. The Kier molecular flexibility index (Phi) is 4.93. The number of carbonyl (C=O) groups is 2. The summed E-state index contributed by atoms with van der Waals surface area (Å²) in [7, 11) is 1.40. The van der Waals surface area contributed by atoms with Gasteiger partial charge in [-0.1, -0.05) is 23.2 Å². The van der Waals surface area contributed by atoms with E-state index >= 15 is 0 Å². The molecule has 0 saturated carbocycles. The Morgan fingerprint density at radius 3 is 2.56 bits per heavy atom. The summed E-state index contributed by atoms with van der Waals surface area (Å²) >= 11 is 11.5. The van der Waals surface area contributed by atoms with Gasteiger partial charge in [-0.2, -0.15) is 0 Å². The summed E-state index contributed by atoms with van der Waals surface area (Å²) in [6.45, 7) is -0.0725. The molecule has 0 amide bonds. The van der Waals surface area contributed by atoms with E-state index in [9.17, 15) is 9.59 Å². The molecule has 0 radical (unpaired) electrons. The summed E-state index contributed by atoms with van der Waals surface area (Å²) in [5, 5.41) is 0.701. The molecule has 0 spiro atoms. The van der Waals surface area contributed by atoms with Gasteiger partial charge in [-0.05, 0) is 18.2 Å². The van der Waals surface area contributed by atoms with Gasteiger partial charge in [0.2, 0.25) is 0 Å². The first-order valence-electron chi connectivity index (χ1n) is 4.53. The van der Waals surface area contributed by atoms with E-state index in [0.29, 0.717) is 10.6 Å². The summed E-state index contributed by atoms with van der Waals surface area (Å²) in [5.41, 5.74) is 0.301. The normalized spacial score (nSPS) is 10.2. The minimum absolute atomic E-state index is 0.0725. The number of halogens is 2. The Labute approximate surface area is 103 Å². The maximum Gasteiger partial charge on any atom is 0.171 e. The quantitative estimate of drug-likeness (QED) is 0.604. The van der Waals surface area contributed by atoms with E-state index in [1.807, 2.05) is 0 Å². The van der Waals surface area contributed by atoms with Crippen LogP contribution in [0, 0.1) is 0 Å². The van der Waals surface area contributed by atoms with E-state index < -0.39 is 0 Å². The Hall–Kier alpha value is -0.900. The third kappa shape index (κ3) is 3.59. The molecular formula is C11H10Cl2O3. The van der Waals surface area contributed by atoms with Crippen molar-refractivity contribution in [1.82, 2.24) is 0 Å². The molecule has 0 saturated heterocycles. The number of ketones is 2. The van der Waals surface area contributed by atoms with Crippen LogP contribution in [0.5, 0.6) is 0 Å². The minimum atomic E-state index is -0.330. The molecular weight excluding hydrogens is 251 g/mol. The molecule has 0 atom stereocenters. The zero-order chi connectivity index (χ0) is 12.1. The summed E-state index contributed by atoms with van der Waals surface area (Å²) in [6, 6.07) is 4.53. The lowest BCUT2D eigenvalue weighted by molar-refractivity contribution is -0.121. The predicted molar refractivity (Wildman–Crippen MR) is 62.3 cm³/mol. The Bertz CT molecular complexity index is 416. The lowest BCUT2D eigenvalue weighted by atomic mass is 10.1. The number of methoxy groups -OCH3 is 1. The first-order valence-corrected chi connectivity index (χ1v) is 5.29. The molecule has 0 aliphatic heterocycles. The van der Waals surface area contributed by atoms with Gasteiger partial charge in [-0.15, -0.1) is 0 Å². The van der Waals surface area contributed by atoms with Gasteiger partial charge < -0.3 is 4.74 Å². The highest BCUT2D eigenvalue weighted by Crippen LogP contribution is 2.22. The molecule has 0 bridgehead atoms. The third-order valence-electron chi connectivity index (χ3n) is 1.89. The number of carbonyl (C=O) groups excluding carboxylic acids is 2. The van der Waals surface area contributed by atoms with Gasteiger partial charge in [0, 0.05) is 17.7 Å². The van der Waals surface area contributed by atoms with E-state index in [0.717, 1.165) is 0 Å². The number of hydrogen-bond donors (Lipinski definition) is 0. The largest absolute Gasteiger partial charge is 0.377 e. The molecule has 0 fully saturated rings. The molecule has 16 heavy (non-hydrogen) atoms. The van der Waals surface area contributed by atoms with Crippen LogP contribution in [0.3, 0.4) is 0 Å². The molecule has 0 unspecified atom stereocenters. The summed E-state index contributed by atoms with van der Waals surface area (Å²) in [4.78, 5) is 22.8. The van der Waals surface area contributed by atoms with Crippen LogP contribution in [0.4, 0.5) is 0 Å². The van der Waals surface area contributed by atoms with Gasteiger partial charge in [0.15, 0.2) is 11.6 Å². The van der Waals surface area contributed by atoms with Gasteiger partial charge in [0.25, 0.3) is 0 Å². The monoisotopic (exact) mass is 260 g/mol. The molecule has 3 nitrogen and oxygen atoms in total. The Balaban J connectivity index is 2.77. The van der Waals surface area contributed by atoms with Gasteiger partial charge in [0.1, 0.15) is 6.61 Å². The van der Waals surface area contributed by atoms with Crippen molar-refractivity contribution in [2.45, 2.75) is 6.42 Å². The second kappa shape index (κ2) is 5.99. The van der Waals surface area contributed by atoms with Crippen molar-refractivity contribution in [3.05, 3.63) is 33.8 Å². The highest BCUT2D eigenvalue weighted by Gasteiger charge is 2.14. The fourth-order valence-electron chi connectivity index (χ4n) is 1.20. The van der Waals surface area contributed by atoms with Crippen molar-refractivity contribution >= 4 is 34.8 Å². The molecule has 0 aliphatic rings. The first kappa shape index (κ1) is 13.2. The molecule has 5 heteroatoms. The summed E-state index contributed by atoms with van der Waals surface area (Å²) in [5.74, 6) is -0.609. The minimum Gasteiger partial charge on any atom is -0.377 e. The van der Waals surface area contributed by atoms with E-state index in [2.05, 4.69) is 4.74 Å². The second-order valence-electron chi connectivity index (χ2n) is 3.20. The average molecular weight is 261 g/mol. The third-order valence-corrected chi connectivity index (χ3v) is 2.44. The number of ether oxygens (including phenoxy) is 1. The van der Waals surface area contributed by atoms with Gasteiger partial charge >= 0.3 is 0 Å². The maximum atomic E-state index is 11.7. The van der Waals surface area contributed by atoms with Crippen molar-refractivity contribution in [1.29, 1.82) is 0 Å². The second-order valence-corrected chi connectivity index (χ2v) is 4.04. The Morgan fingerprint density at radius 1 is 1.31 bits per heavy atom. The highest BCUT2D eigenvalue weighted by molar-refractivity contribution is 6.37. The van der Waals surface area contributed by atoms with E-state index in [-0.39, 0.29) is 29.6 Å². The molecule has 1 aromatic rings. The van der Waals surface area contributed by atoms with Gasteiger partial charge in [-0.3, -0.25) is 9.59 Å². The van der Waals surface area contributed by atoms with Crippen molar-refractivity contribution in [3.8, 4) is 0 Å². The first-order chi connectivity index (χ1) is 7.54. The van der Waals surface area contributed by atoms with Gasteiger partial charge in [-0.25, -0.2) is 0 Å². The lowest BCUT2D eigenvalue weighted by Crippen LogP contribution is -2.13. The average Bonchev–Trinajstić information content (AvgIpc) is 2.17. The van der Waals surface area contributed by atoms with Crippen molar-refractivity contribution in [2.24, 2.45) is 0 Å². The molecule has 0 heterocycles. The molecule has 0 aliphatic carbocycles. The van der Waals surface area contributed by atoms with Crippen LogP contribution in [0.2, 0.25) is 10.0 Å². The zero-order valence-electron chi connectivity index (χ0n) is 8.63. The van der Waals surface area contributed by atoms with Crippen LogP contribution >= 0.6 is 23.2 Å². The van der Waals surface area contributed by atoms with Crippen molar-refractivity contribution in [2.75, 3.05) is 13.7 Å². The fraction of sp³-hybridized carbons (Fsp3) is 0.273. The predicted octanol–water partition coefficient (Wildman–Crippen LogP) is 2.78. The Morgan fingerprint density at radius 2 is 2.00 bits per heavy atom. The van der Waals surface area contributed by atoms with E-state index in [1.54, 1.807) is 6.07 Å². The van der Waals surface area contributed by atoms with Crippen LogP contribution in [0.1, 0.15) is 16.8 Å². The molecule has 1 aromatic carbocycles. The highest BCUT2D eigenvalue weighted by atomic mass is 35.5. The SMILES string of the molecule is COCC(=O)CC(=O)c1ccc(Cl)cc1Cl. The van der Waals surface area contributed by atoms with E-state index in [1.165, 1.54) is 19.2 Å². The standard InChI is InChI=1S/C11H10Cl2O3/c1-16-6-8(14)5-11(15)9-3-2-7(12)4-10(9)13/h2-4H,5-6H2,1H3. The van der Waals surface area contributed by atoms with Crippen LogP contribution < -0.4 is 0 Å². The summed E-state index contributed by atoms with van der Waals surface area (Å²) in [6.07, 6.45) is -0.213.